The van der Waals surface area contributed by atoms with E-state index < -0.39 is 5.97 Å². The average Bonchev–Trinajstić information content (AvgIpc) is 2.36. The third-order valence-corrected chi connectivity index (χ3v) is 2.71. The minimum absolute atomic E-state index is 0.0713. The highest BCUT2D eigenvalue weighted by atomic mass is 19.1. The minimum Gasteiger partial charge on any atom is -0.478 e. The standard InChI is InChI=1S/C14H13FN2O2/c1-8-6-10(3-4-12(8)15)17-13-5-2-9(16)7-11(13)14(18)19/h2-7,17H,16H2,1H3,(H,18,19). The van der Waals surface area contributed by atoms with Gasteiger partial charge in [-0.05, 0) is 48.9 Å². The van der Waals surface area contributed by atoms with Gasteiger partial charge in [-0.15, -0.1) is 0 Å². The predicted molar refractivity (Wildman–Crippen MR) is 72.2 cm³/mol. The molecule has 0 heterocycles. The van der Waals surface area contributed by atoms with Crippen molar-refractivity contribution in [2.45, 2.75) is 6.92 Å². The van der Waals surface area contributed by atoms with E-state index in [2.05, 4.69) is 5.32 Å². The molecule has 0 saturated heterocycles. The van der Waals surface area contributed by atoms with Crippen molar-refractivity contribution in [1.82, 2.24) is 0 Å². The third kappa shape index (κ3) is 2.82. The number of anilines is 3. The monoisotopic (exact) mass is 260 g/mol. The van der Waals surface area contributed by atoms with Gasteiger partial charge in [-0.2, -0.15) is 0 Å². The summed E-state index contributed by atoms with van der Waals surface area (Å²) in [5.41, 5.74) is 7.52. The SMILES string of the molecule is Cc1cc(Nc2ccc(N)cc2C(=O)O)ccc1F. The van der Waals surface area contributed by atoms with Gasteiger partial charge in [0.05, 0.1) is 11.3 Å². The molecule has 0 fully saturated rings. The number of rotatable bonds is 3. The van der Waals surface area contributed by atoms with Crippen LogP contribution in [0, 0.1) is 12.7 Å². The quantitative estimate of drug-likeness (QED) is 0.741. The minimum atomic E-state index is -1.08. The molecule has 2 rings (SSSR count). The van der Waals surface area contributed by atoms with E-state index in [0.29, 0.717) is 22.6 Å². The number of aromatic carboxylic acids is 1. The zero-order valence-corrected chi connectivity index (χ0v) is 10.3. The van der Waals surface area contributed by atoms with Crippen molar-refractivity contribution >= 4 is 23.0 Å². The Morgan fingerprint density at radius 1 is 1.26 bits per heavy atom. The van der Waals surface area contributed by atoms with Crippen LogP contribution in [0.5, 0.6) is 0 Å². The van der Waals surface area contributed by atoms with Crippen molar-refractivity contribution in [3.05, 3.63) is 53.3 Å². The fourth-order valence-corrected chi connectivity index (χ4v) is 1.73. The molecule has 0 unspecified atom stereocenters. The second-order valence-corrected chi connectivity index (χ2v) is 4.20. The van der Waals surface area contributed by atoms with Crippen molar-refractivity contribution in [3.8, 4) is 0 Å². The van der Waals surface area contributed by atoms with E-state index in [-0.39, 0.29) is 11.4 Å². The molecular formula is C14H13FN2O2. The number of hydrogen-bond donors (Lipinski definition) is 3. The molecule has 0 aliphatic carbocycles. The Bertz CT molecular complexity index is 641. The Hall–Kier alpha value is -2.56. The number of aryl methyl sites for hydroxylation is 1. The maximum absolute atomic E-state index is 13.2. The number of nitrogens with one attached hydrogen (secondary N) is 1. The maximum Gasteiger partial charge on any atom is 0.337 e. The lowest BCUT2D eigenvalue weighted by molar-refractivity contribution is 0.0698. The normalized spacial score (nSPS) is 10.2. The van der Waals surface area contributed by atoms with Crippen LogP contribution in [0.3, 0.4) is 0 Å². The molecule has 0 aliphatic rings. The summed E-state index contributed by atoms with van der Waals surface area (Å²) in [6.07, 6.45) is 0. The number of carboxylic acids is 1. The van der Waals surface area contributed by atoms with Crippen molar-refractivity contribution in [3.63, 3.8) is 0 Å². The Balaban J connectivity index is 2.37. The molecule has 0 bridgehead atoms. The van der Waals surface area contributed by atoms with Crippen molar-refractivity contribution in [2.24, 2.45) is 0 Å². The molecule has 0 aliphatic heterocycles. The Labute approximate surface area is 109 Å². The van der Waals surface area contributed by atoms with Crippen LogP contribution in [0.1, 0.15) is 15.9 Å². The van der Waals surface area contributed by atoms with Gasteiger partial charge in [0.15, 0.2) is 0 Å². The van der Waals surface area contributed by atoms with Gasteiger partial charge in [-0.3, -0.25) is 0 Å². The first-order chi connectivity index (χ1) is 8.97. The van der Waals surface area contributed by atoms with E-state index in [1.165, 1.54) is 12.1 Å². The summed E-state index contributed by atoms with van der Waals surface area (Å²) in [4.78, 5) is 11.1. The molecule has 0 saturated carbocycles. The summed E-state index contributed by atoms with van der Waals surface area (Å²) in [5, 5.41) is 12.1. The van der Waals surface area contributed by atoms with Gasteiger partial charge in [-0.25, -0.2) is 9.18 Å². The lowest BCUT2D eigenvalue weighted by Gasteiger charge is -2.11. The van der Waals surface area contributed by atoms with Crippen molar-refractivity contribution < 1.29 is 14.3 Å². The molecule has 98 valence electrons. The van der Waals surface area contributed by atoms with Gasteiger partial charge in [0, 0.05) is 11.4 Å². The highest BCUT2D eigenvalue weighted by Gasteiger charge is 2.11. The predicted octanol–water partition coefficient (Wildman–Crippen LogP) is 3.16. The van der Waals surface area contributed by atoms with Crippen LogP contribution in [0.2, 0.25) is 0 Å². The van der Waals surface area contributed by atoms with Gasteiger partial charge in [0.1, 0.15) is 5.82 Å². The highest BCUT2D eigenvalue weighted by molar-refractivity contribution is 5.96. The summed E-state index contributed by atoms with van der Waals surface area (Å²) in [6, 6.07) is 9.04. The molecule has 0 aromatic heterocycles. The van der Waals surface area contributed by atoms with Crippen LogP contribution >= 0.6 is 0 Å². The van der Waals surface area contributed by atoms with Gasteiger partial charge in [-0.1, -0.05) is 0 Å². The van der Waals surface area contributed by atoms with Gasteiger partial charge >= 0.3 is 5.97 Å². The first-order valence-corrected chi connectivity index (χ1v) is 5.63. The molecule has 0 amide bonds. The summed E-state index contributed by atoms with van der Waals surface area (Å²) >= 11 is 0. The van der Waals surface area contributed by atoms with E-state index in [0.717, 1.165) is 0 Å². The molecule has 2 aromatic carbocycles. The van der Waals surface area contributed by atoms with Crippen LogP contribution in [-0.2, 0) is 0 Å². The van der Waals surface area contributed by atoms with E-state index >= 15 is 0 Å². The molecular weight excluding hydrogens is 247 g/mol. The molecule has 0 spiro atoms. The van der Waals surface area contributed by atoms with E-state index in [1.807, 2.05) is 0 Å². The number of carbonyl (C=O) groups is 1. The maximum atomic E-state index is 13.2. The second-order valence-electron chi connectivity index (χ2n) is 4.20. The molecule has 5 heteroatoms. The van der Waals surface area contributed by atoms with Crippen LogP contribution < -0.4 is 11.1 Å². The fourth-order valence-electron chi connectivity index (χ4n) is 1.73. The van der Waals surface area contributed by atoms with E-state index in [9.17, 15) is 9.18 Å². The van der Waals surface area contributed by atoms with Crippen molar-refractivity contribution in [1.29, 1.82) is 0 Å². The van der Waals surface area contributed by atoms with Crippen LogP contribution in [0.4, 0.5) is 21.5 Å². The van der Waals surface area contributed by atoms with E-state index in [4.69, 9.17) is 10.8 Å². The first-order valence-electron chi connectivity index (χ1n) is 5.63. The Morgan fingerprint density at radius 2 is 2.00 bits per heavy atom. The largest absolute Gasteiger partial charge is 0.478 e. The number of nitrogen functional groups attached to an aromatic ring is 1. The zero-order valence-electron chi connectivity index (χ0n) is 10.3. The Morgan fingerprint density at radius 3 is 2.63 bits per heavy atom. The Kier molecular flexibility index (Phi) is 3.37. The fraction of sp³-hybridized carbons (Fsp3) is 0.0714. The number of halogens is 1. The summed E-state index contributed by atoms with van der Waals surface area (Å²) in [5.74, 6) is -1.38. The highest BCUT2D eigenvalue weighted by Crippen LogP contribution is 2.24. The number of hydrogen-bond acceptors (Lipinski definition) is 3. The van der Waals surface area contributed by atoms with Gasteiger partial charge in [0.2, 0.25) is 0 Å². The smallest absolute Gasteiger partial charge is 0.337 e. The molecule has 19 heavy (non-hydrogen) atoms. The third-order valence-electron chi connectivity index (χ3n) is 2.71. The van der Waals surface area contributed by atoms with Gasteiger partial charge < -0.3 is 16.2 Å². The summed E-state index contributed by atoms with van der Waals surface area (Å²) < 4.78 is 13.2. The van der Waals surface area contributed by atoms with Crippen LogP contribution in [0.15, 0.2) is 36.4 Å². The number of carboxylic acid groups (broad SMARTS) is 1. The topological polar surface area (TPSA) is 75.3 Å². The number of nitrogens with two attached hydrogens (primary N) is 1. The average molecular weight is 260 g/mol. The second kappa shape index (κ2) is 4.97. The summed E-state index contributed by atoms with van der Waals surface area (Å²) in [7, 11) is 0. The van der Waals surface area contributed by atoms with Crippen molar-refractivity contribution in [2.75, 3.05) is 11.1 Å². The van der Waals surface area contributed by atoms with Gasteiger partial charge in [0.25, 0.3) is 0 Å². The molecule has 2 aromatic rings. The lowest BCUT2D eigenvalue weighted by Crippen LogP contribution is -2.04. The molecule has 4 N–H and O–H groups in total. The zero-order chi connectivity index (χ0) is 14.0. The summed E-state index contributed by atoms with van der Waals surface area (Å²) in [6.45, 7) is 1.64. The molecule has 0 atom stereocenters. The van der Waals surface area contributed by atoms with Crippen LogP contribution in [-0.4, -0.2) is 11.1 Å². The molecule has 0 radical (unpaired) electrons. The van der Waals surface area contributed by atoms with Crippen LogP contribution in [0.25, 0.3) is 0 Å². The van der Waals surface area contributed by atoms with E-state index in [1.54, 1.807) is 31.2 Å². The lowest BCUT2D eigenvalue weighted by atomic mass is 10.1. The first kappa shape index (κ1) is 12.9. The number of benzene rings is 2. The molecule has 4 nitrogen and oxygen atoms in total.